The molecule has 9 heteroatoms. The molecule has 3 rings (SSSR count). The molecule has 0 saturated carbocycles. The van der Waals surface area contributed by atoms with Gasteiger partial charge in [-0.25, -0.2) is 0 Å². The van der Waals surface area contributed by atoms with E-state index < -0.39 is 23.2 Å². The first-order chi connectivity index (χ1) is 12.4. The third-order valence-corrected chi connectivity index (χ3v) is 3.57. The first kappa shape index (κ1) is 17.6. The predicted molar refractivity (Wildman–Crippen MR) is 87.0 cm³/mol. The molecule has 2 aromatic heterocycles. The second-order valence-corrected chi connectivity index (χ2v) is 5.35. The van der Waals surface area contributed by atoms with Crippen LogP contribution in [0.5, 0.6) is 0 Å². The minimum absolute atomic E-state index is 0.132. The number of hydrogen-bond acceptors (Lipinski definition) is 4. The van der Waals surface area contributed by atoms with Crippen LogP contribution in [0.3, 0.4) is 0 Å². The third kappa shape index (κ3) is 4.05. The predicted octanol–water partition coefficient (Wildman–Crippen LogP) is 2.79. The fourth-order valence-electron chi connectivity index (χ4n) is 2.36. The van der Waals surface area contributed by atoms with Gasteiger partial charge in [0.2, 0.25) is 0 Å². The lowest BCUT2D eigenvalue weighted by Crippen LogP contribution is -2.29. The molecule has 3 aromatic rings. The van der Waals surface area contributed by atoms with Gasteiger partial charge in [-0.2, -0.15) is 18.3 Å². The number of amides is 1. The quantitative estimate of drug-likeness (QED) is 0.759. The zero-order valence-electron chi connectivity index (χ0n) is 13.4. The molecule has 1 N–H and O–H groups in total. The Labute approximate surface area is 146 Å². The Morgan fingerprint density at radius 3 is 2.65 bits per heavy atom. The topological polar surface area (TPSA) is 72.7 Å². The molecule has 0 spiro atoms. The van der Waals surface area contributed by atoms with Crippen molar-refractivity contribution in [2.45, 2.75) is 12.7 Å². The highest BCUT2D eigenvalue weighted by molar-refractivity contribution is 5.95. The number of nitrogens with zero attached hydrogens (tertiary/aromatic N) is 4. The Hall–Kier alpha value is -3.23. The van der Waals surface area contributed by atoms with Crippen molar-refractivity contribution in [1.82, 2.24) is 25.1 Å². The number of halogens is 3. The zero-order chi connectivity index (χ0) is 18.6. The van der Waals surface area contributed by atoms with Crippen LogP contribution in [0.15, 0.2) is 55.1 Å². The number of carbonyl (C=O) groups is 1. The van der Waals surface area contributed by atoms with E-state index >= 15 is 0 Å². The summed E-state index contributed by atoms with van der Waals surface area (Å²) in [6.45, 7) is 0.437. The first-order valence-electron chi connectivity index (χ1n) is 7.69. The Balaban J connectivity index is 1.61. The van der Waals surface area contributed by atoms with Crippen molar-refractivity contribution >= 4 is 5.91 Å². The van der Waals surface area contributed by atoms with Crippen molar-refractivity contribution in [3.63, 3.8) is 0 Å². The molecule has 1 aromatic carbocycles. The second kappa shape index (κ2) is 7.34. The molecule has 0 unspecified atom stereocenters. The Morgan fingerprint density at radius 1 is 1.12 bits per heavy atom. The van der Waals surface area contributed by atoms with Crippen LogP contribution in [-0.4, -0.2) is 32.2 Å². The molecular formula is C17H14F3N5O. The number of alkyl halides is 3. The number of aromatic nitrogens is 4. The van der Waals surface area contributed by atoms with Crippen LogP contribution in [0, 0.1) is 0 Å². The molecule has 0 aliphatic heterocycles. The minimum Gasteiger partial charge on any atom is -0.350 e. The highest BCUT2D eigenvalue weighted by Crippen LogP contribution is 2.31. The fourth-order valence-corrected chi connectivity index (χ4v) is 2.36. The van der Waals surface area contributed by atoms with Gasteiger partial charge >= 0.3 is 6.18 Å². The van der Waals surface area contributed by atoms with E-state index in [4.69, 9.17) is 0 Å². The maximum Gasteiger partial charge on any atom is 0.417 e. The van der Waals surface area contributed by atoms with Crippen molar-refractivity contribution < 1.29 is 18.0 Å². The molecule has 0 aliphatic rings. The molecule has 0 fully saturated rings. The molecule has 0 bridgehead atoms. The van der Waals surface area contributed by atoms with Crippen LogP contribution in [0.2, 0.25) is 0 Å². The number of carbonyl (C=O) groups excluding carboxylic acids is 1. The summed E-state index contributed by atoms with van der Waals surface area (Å²) < 4.78 is 40.4. The fraction of sp³-hybridized carbons (Fsp3) is 0.176. The SMILES string of the molecule is O=C(NCCn1ccc(-c2cnccn2)n1)c1ccccc1C(F)(F)F. The van der Waals surface area contributed by atoms with Gasteiger partial charge in [-0.15, -0.1) is 0 Å². The van der Waals surface area contributed by atoms with E-state index in [9.17, 15) is 18.0 Å². The van der Waals surface area contributed by atoms with Crippen molar-refractivity contribution in [2.75, 3.05) is 6.54 Å². The summed E-state index contributed by atoms with van der Waals surface area (Å²) in [5.41, 5.74) is -0.136. The van der Waals surface area contributed by atoms with Gasteiger partial charge in [-0.1, -0.05) is 12.1 Å². The molecule has 0 saturated heterocycles. The molecule has 0 aliphatic carbocycles. The van der Waals surface area contributed by atoms with Crippen molar-refractivity contribution in [1.29, 1.82) is 0 Å². The van der Waals surface area contributed by atoms with Crippen LogP contribution in [0.25, 0.3) is 11.4 Å². The van der Waals surface area contributed by atoms with Crippen LogP contribution in [0.4, 0.5) is 13.2 Å². The summed E-state index contributed by atoms with van der Waals surface area (Å²) in [7, 11) is 0. The normalized spacial score (nSPS) is 11.3. The Bertz CT molecular complexity index is 893. The van der Waals surface area contributed by atoms with Gasteiger partial charge in [0, 0.05) is 25.1 Å². The van der Waals surface area contributed by atoms with Crippen LogP contribution in [-0.2, 0) is 12.7 Å². The Morgan fingerprint density at radius 2 is 1.92 bits per heavy atom. The summed E-state index contributed by atoms with van der Waals surface area (Å²) in [5, 5.41) is 6.77. The zero-order valence-corrected chi connectivity index (χ0v) is 13.4. The molecular weight excluding hydrogens is 347 g/mol. The van der Waals surface area contributed by atoms with E-state index in [1.165, 1.54) is 12.1 Å². The van der Waals surface area contributed by atoms with E-state index in [1.54, 1.807) is 35.5 Å². The average Bonchev–Trinajstić information content (AvgIpc) is 3.10. The number of nitrogens with one attached hydrogen (secondary N) is 1. The van der Waals surface area contributed by atoms with Gasteiger partial charge in [-0.05, 0) is 18.2 Å². The van der Waals surface area contributed by atoms with E-state index in [-0.39, 0.29) is 6.54 Å². The lowest BCUT2D eigenvalue weighted by molar-refractivity contribution is -0.137. The van der Waals surface area contributed by atoms with Gasteiger partial charge in [0.25, 0.3) is 5.91 Å². The summed E-state index contributed by atoms with van der Waals surface area (Å²) >= 11 is 0. The summed E-state index contributed by atoms with van der Waals surface area (Å²) in [6.07, 6.45) is 1.78. The van der Waals surface area contributed by atoms with Crippen LogP contribution in [0.1, 0.15) is 15.9 Å². The molecule has 0 radical (unpaired) electrons. The summed E-state index contributed by atoms with van der Waals surface area (Å²) in [6, 6.07) is 6.42. The van der Waals surface area contributed by atoms with E-state index in [1.807, 2.05) is 0 Å². The number of rotatable bonds is 5. The third-order valence-electron chi connectivity index (χ3n) is 3.57. The van der Waals surface area contributed by atoms with E-state index in [0.717, 1.165) is 12.1 Å². The standard InChI is InChI=1S/C17H14F3N5O/c18-17(19,20)13-4-2-1-3-12(13)16(26)23-8-10-25-9-5-14(24-25)15-11-21-6-7-22-15/h1-7,9,11H,8,10H2,(H,23,26). The molecule has 1 amide bonds. The van der Waals surface area contributed by atoms with Gasteiger partial charge in [-0.3, -0.25) is 19.4 Å². The summed E-state index contributed by atoms with van der Waals surface area (Å²) in [5.74, 6) is -0.778. The van der Waals surface area contributed by atoms with Gasteiger partial charge < -0.3 is 5.32 Å². The molecule has 26 heavy (non-hydrogen) atoms. The maximum atomic E-state index is 13.0. The highest BCUT2D eigenvalue weighted by Gasteiger charge is 2.34. The summed E-state index contributed by atoms with van der Waals surface area (Å²) in [4.78, 5) is 20.2. The van der Waals surface area contributed by atoms with Crippen molar-refractivity contribution in [3.8, 4) is 11.4 Å². The smallest absolute Gasteiger partial charge is 0.350 e. The lowest BCUT2D eigenvalue weighted by atomic mass is 10.1. The maximum absolute atomic E-state index is 13.0. The van der Waals surface area contributed by atoms with Crippen molar-refractivity contribution in [3.05, 3.63) is 66.2 Å². The van der Waals surface area contributed by atoms with Crippen LogP contribution < -0.4 is 5.32 Å². The highest BCUT2D eigenvalue weighted by atomic mass is 19.4. The number of benzene rings is 1. The van der Waals surface area contributed by atoms with Gasteiger partial charge in [0.05, 0.1) is 23.9 Å². The minimum atomic E-state index is -4.58. The molecule has 134 valence electrons. The lowest BCUT2D eigenvalue weighted by Gasteiger charge is -2.12. The van der Waals surface area contributed by atoms with Crippen LogP contribution >= 0.6 is 0 Å². The molecule has 2 heterocycles. The average molecular weight is 361 g/mol. The monoisotopic (exact) mass is 361 g/mol. The second-order valence-electron chi connectivity index (χ2n) is 5.35. The molecule has 6 nitrogen and oxygen atoms in total. The Kier molecular flexibility index (Phi) is 4.97. The van der Waals surface area contributed by atoms with Gasteiger partial charge in [0.15, 0.2) is 0 Å². The number of hydrogen-bond donors (Lipinski definition) is 1. The van der Waals surface area contributed by atoms with E-state index in [2.05, 4.69) is 20.4 Å². The van der Waals surface area contributed by atoms with E-state index in [0.29, 0.717) is 17.9 Å². The van der Waals surface area contributed by atoms with Crippen molar-refractivity contribution in [2.24, 2.45) is 0 Å². The first-order valence-corrected chi connectivity index (χ1v) is 7.69. The molecule has 0 atom stereocenters. The largest absolute Gasteiger partial charge is 0.417 e. The van der Waals surface area contributed by atoms with Gasteiger partial charge in [0.1, 0.15) is 11.4 Å².